The molecule has 0 aromatic carbocycles. The van der Waals surface area contributed by atoms with E-state index in [1.165, 1.54) is 0 Å². The van der Waals surface area contributed by atoms with Crippen LogP contribution in [0.5, 0.6) is 0 Å². The Hall–Kier alpha value is -0.210. The van der Waals surface area contributed by atoms with E-state index >= 15 is 0 Å². The molecule has 0 aromatic rings. The van der Waals surface area contributed by atoms with Crippen molar-refractivity contribution in [2.45, 2.75) is 18.7 Å². The van der Waals surface area contributed by atoms with Crippen LogP contribution in [0.15, 0.2) is 0 Å². The lowest BCUT2D eigenvalue weighted by atomic mass is 10.3. The van der Waals surface area contributed by atoms with Gasteiger partial charge in [0, 0.05) is 32.7 Å². The molecule has 1 heterocycles. The SMILES string of the molecule is CCC(N1CCN(CCO)CC1)S(=O)(=O)O. The van der Waals surface area contributed by atoms with Crippen LogP contribution in [0, 0.1) is 0 Å². The van der Waals surface area contributed by atoms with Crippen LogP contribution < -0.4 is 0 Å². The topological polar surface area (TPSA) is 81.1 Å². The molecule has 7 heteroatoms. The molecule has 0 saturated carbocycles. The van der Waals surface area contributed by atoms with Gasteiger partial charge >= 0.3 is 0 Å². The Bertz CT molecular complexity index is 299. The van der Waals surface area contributed by atoms with Crippen molar-refractivity contribution in [3.8, 4) is 0 Å². The van der Waals surface area contributed by atoms with E-state index in [0.717, 1.165) is 13.1 Å². The minimum Gasteiger partial charge on any atom is -0.395 e. The Morgan fingerprint density at radius 1 is 1.25 bits per heavy atom. The van der Waals surface area contributed by atoms with Crippen LogP contribution in [0.3, 0.4) is 0 Å². The molecule has 0 bridgehead atoms. The van der Waals surface area contributed by atoms with Gasteiger partial charge in [-0.25, -0.2) is 0 Å². The number of hydrogen-bond donors (Lipinski definition) is 2. The van der Waals surface area contributed by atoms with Crippen LogP contribution in [0.4, 0.5) is 0 Å². The van der Waals surface area contributed by atoms with Crippen molar-refractivity contribution in [2.24, 2.45) is 0 Å². The van der Waals surface area contributed by atoms with E-state index in [4.69, 9.17) is 9.66 Å². The molecule has 1 aliphatic rings. The molecule has 1 saturated heterocycles. The molecule has 96 valence electrons. The molecule has 6 nitrogen and oxygen atoms in total. The van der Waals surface area contributed by atoms with Crippen LogP contribution in [0.25, 0.3) is 0 Å². The van der Waals surface area contributed by atoms with Gasteiger partial charge in [-0.2, -0.15) is 8.42 Å². The molecular formula is C9H20N2O4S. The Kier molecular flexibility index (Phi) is 5.13. The first-order chi connectivity index (χ1) is 7.49. The van der Waals surface area contributed by atoms with Gasteiger partial charge in [0.25, 0.3) is 10.1 Å². The minimum absolute atomic E-state index is 0.121. The van der Waals surface area contributed by atoms with E-state index < -0.39 is 15.5 Å². The number of β-amino-alcohol motifs (C(OH)–C–C–N with tert-alkyl or cyclic N) is 1. The highest BCUT2D eigenvalue weighted by Gasteiger charge is 2.30. The van der Waals surface area contributed by atoms with Crippen molar-refractivity contribution in [1.82, 2.24) is 9.80 Å². The number of aliphatic hydroxyl groups is 1. The fourth-order valence-electron chi connectivity index (χ4n) is 2.07. The van der Waals surface area contributed by atoms with Crippen molar-refractivity contribution in [2.75, 3.05) is 39.3 Å². The molecule has 1 unspecified atom stereocenters. The quantitative estimate of drug-likeness (QED) is 0.625. The molecule has 1 aliphatic heterocycles. The highest BCUT2D eigenvalue weighted by atomic mass is 32.2. The summed E-state index contributed by atoms with van der Waals surface area (Å²) in [6.45, 7) is 5.17. The van der Waals surface area contributed by atoms with Crippen molar-refractivity contribution in [1.29, 1.82) is 0 Å². The number of hydrogen-bond acceptors (Lipinski definition) is 5. The van der Waals surface area contributed by atoms with Crippen LogP contribution >= 0.6 is 0 Å². The monoisotopic (exact) mass is 252 g/mol. The number of rotatable bonds is 5. The van der Waals surface area contributed by atoms with E-state index in [9.17, 15) is 8.42 Å². The average Bonchev–Trinajstić information content (AvgIpc) is 2.20. The van der Waals surface area contributed by atoms with Crippen LogP contribution in [0.2, 0.25) is 0 Å². The lowest BCUT2D eigenvalue weighted by Gasteiger charge is -2.37. The Morgan fingerprint density at radius 2 is 1.81 bits per heavy atom. The summed E-state index contributed by atoms with van der Waals surface area (Å²) in [4.78, 5) is 3.86. The largest absolute Gasteiger partial charge is 0.395 e. The van der Waals surface area contributed by atoms with Crippen LogP contribution in [0.1, 0.15) is 13.3 Å². The third-order valence-electron chi connectivity index (χ3n) is 2.92. The highest BCUT2D eigenvalue weighted by molar-refractivity contribution is 7.86. The van der Waals surface area contributed by atoms with Crippen LogP contribution in [-0.4, -0.2) is 72.6 Å². The summed E-state index contributed by atoms with van der Waals surface area (Å²) in [6.07, 6.45) is 0.388. The number of aliphatic hydroxyl groups excluding tert-OH is 1. The zero-order valence-corrected chi connectivity index (χ0v) is 10.4. The van der Waals surface area contributed by atoms with Crippen molar-refractivity contribution >= 4 is 10.1 Å². The predicted molar refractivity (Wildman–Crippen MR) is 60.7 cm³/mol. The summed E-state index contributed by atoms with van der Waals surface area (Å²) in [5.74, 6) is 0. The van der Waals surface area contributed by atoms with Gasteiger partial charge in [0.15, 0.2) is 0 Å². The zero-order valence-electron chi connectivity index (χ0n) is 9.54. The fourth-order valence-corrected chi connectivity index (χ4v) is 3.08. The third-order valence-corrected chi connectivity index (χ3v) is 4.24. The third kappa shape index (κ3) is 3.67. The van der Waals surface area contributed by atoms with Crippen molar-refractivity contribution < 1.29 is 18.1 Å². The molecule has 1 rings (SSSR count). The first kappa shape index (κ1) is 13.9. The second-order valence-electron chi connectivity index (χ2n) is 3.98. The van der Waals surface area contributed by atoms with Gasteiger partial charge < -0.3 is 5.11 Å². The number of nitrogens with zero attached hydrogens (tertiary/aromatic N) is 2. The van der Waals surface area contributed by atoms with Gasteiger partial charge in [-0.05, 0) is 6.42 Å². The summed E-state index contributed by atoms with van der Waals surface area (Å²) >= 11 is 0. The predicted octanol–water partition coefficient (Wildman–Crippen LogP) is -0.780. The summed E-state index contributed by atoms with van der Waals surface area (Å²) in [5, 5.41) is 7.99. The molecule has 0 aliphatic carbocycles. The maximum atomic E-state index is 11.1. The summed E-state index contributed by atoms with van der Waals surface area (Å²) in [7, 11) is -3.99. The Balaban J connectivity index is 2.52. The van der Waals surface area contributed by atoms with Gasteiger partial charge in [0.2, 0.25) is 0 Å². The molecule has 16 heavy (non-hydrogen) atoms. The molecule has 0 spiro atoms. The lowest BCUT2D eigenvalue weighted by molar-refractivity contribution is 0.100. The van der Waals surface area contributed by atoms with E-state index in [1.807, 2.05) is 0 Å². The molecule has 2 N–H and O–H groups in total. The lowest BCUT2D eigenvalue weighted by Crippen LogP contribution is -2.52. The molecule has 0 radical (unpaired) electrons. The van der Waals surface area contributed by atoms with Gasteiger partial charge in [-0.1, -0.05) is 6.92 Å². The maximum Gasteiger partial charge on any atom is 0.281 e. The van der Waals surface area contributed by atoms with Gasteiger partial charge in [-0.15, -0.1) is 0 Å². The van der Waals surface area contributed by atoms with Crippen molar-refractivity contribution in [3.63, 3.8) is 0 Å². The molecule has 0 amide bonds. The van der Waals surface area contributed by atoms with Crippen molar-refractivity contribution in [3.05, 3.63) is 0 Å². The first-order valence-electron chi connectivity index (χ1n) is 5.52. The molecular weight excluding hydrogens is 232 g/mol. The smallest absolute Gasteiger partial charge is 0.281 e. The van der Waals surface area contributed by atoms with E-state index in [1.54, 1.807) is 11.8 Å². The highest BCUT2D eigenvalue weighted by Crippen LogP contribution is 2.13. The molecule has 1 atom stereocenters. The molecule has 0 aromatic heterocycles. The second-order valence-corrected chi connectivity index (χ2v) is 5.55. The fraction of sp³-hybridized carbons (Fsp3) is 1.00. The van der Waals surface area contributed by atoms with E-state index in [2.05, 4.69) is 4.90 Å². The van der Waals surface area contributed by atoms with E-state index in [-0.39, 0.29) is 6.61 Å². The number of piperazine rings is 1. The van der Waals surface area contributed by atoms with Gasteiger partial charge in [-0.3, -0.25) is 14.4 Å². The average molecular weight is 252 g/mol. The van der Waals surface area contributed by atoms with Crippen LogP contribution in [-0.2, 0) is 10.1 Å². The second kappa shape index (κ2) is 5.92. The van der Waals surface area contributed by atoms with E-state index in [0.29, 0.717) is 26.1 Å². The Labute approximate surface area is 96.6 Å². The summed E-state index contributed by atoms with van der Waals surface area (Å²) < 4.78 is 31.3. The summed E-state index contributed by atoms with van der Waals surface area (Å²) in [6, 6.07) is 0. The van der Waals surface area contributed by atoms with Gasteiger partial charge in [0.05, 0.1) is 6.61 Å². The molecule has 1 fully saturated rings. The minimum atomic E-state index is -3.99. The zero-order chi connectivity index (χ0) is 12.2. The summed E-state index contributed by atoms with van der Waals surface area (Å²) in [5.41, 5.74) is 0. The Morgan fingerprint density at radius 3 is 2.19 bits per heavy atom. The van der Waals surface area contributed by atoms with Gasteiger partial charge in [0.1, 0.15) is 5.37 Å². The maximum absolute atomic E-state index is 11.1. The standard InChI is InChI=1S/C9H20N2O4S/c1-2-9(16(13,14)15)11-5-3-10(4-6-11)7-8-12/h9,12H,2-8H2,1H3,(H,13,14,15). The normalized spacial score (nSPS) is 22.2. The first-order valence-corrected chi connectivity index (χ1v) is 7.03.